The minimum absolute atomic E-state index is 0.313. The Labute approximate surface area is 148 Å². The van der Waals surface area contributed by atoms with Crippen LogP contribution in [0.2, 0.25) is 0 Å². The summed E-state index contributed by atoms with van der Waals surface area (Å²) in [5, 5.41) is 8.84. The Balaban J connectivity index is 1.70. The van der Waals surface area contributed by atoms with E-state index in [9.17, 15) is 4.79 Å². The fourth-order valence-corrected chi connectivity index (χ4v) is 3.26. The zero-order chi connectivity index (χ0) is 17.6. The van der Waals surface area contributed by atoms with Crippen molar-refractivity contribution in [2.45, 2.75) is 12.6 Å². The largest absolute Gasteiger partial charge is 0.482 e. The van der Waals surface area contributed by atoms with Crippen molar-refractivity contribution in [2.24, 2.45) is 0 Å². The van der Waals surface area contributed by atoms with Gasteiger partial charge in [-0.05, 0) is 18.7 Å². The van der Waals surface area contributed by atoms with Crippen LogP contribution in [-0.4, -0.2) is 54.2 Å². The lowest BCUT2D eigenvalue weighted by Crippen LogP contribution is -2.46. The third-order valence-electron chi connectivity index (χ3n) is 4.63. The van der Waals surface area contributed by atoms with Gasteiger partial charge < -0.3 is 9.84 Å². The second-order valence-electron chi connectivity index (χ2n) is 6.43. The average Bonchev–Trinajstić information content (AvgIpc) is 2.63. The number of para-hydroxylation sites is 1. The van der Waals surface area contributed by atoms with E-state index in [1.807, 2.05) is 30.3 Å². The van der Waals surface area contributed by atoms with E-state index in [0.29, 0.717) is 11.8 Å². The van der Waals surface area contributed by atoms with E-state index in [2.05, 4.69) is 41.1 Å². The first-order valence-corrected chi connectivity index (χ1v) is 8.53. The number of carboxylic acid groups (broad SMARTS) is 1. The van der Waals surface area contributed by atoms with E-state index in [1.54, 1.807) is 0 Å². The van der Waals surface area contributed by atoms with Gasteiger partial charge in [-0.1, -0.05) is 48.5 Å². The molecule has 1 aliphatic heterocycles. The van der Waals surface area contributed by atoms with Crippen LogP contribution in [0.1, 0.15) is 17.2 Å². The number of ether oxygens (including phenoxy) is 1. The van der Waals surface area contributed by atoms with Crippen LogP contribution < -0.4 is 4.74 Å². The number of benzene rings is 2. The highest BCUT2D eigenvalue weighted by Crippen LogP contribution is 2.26. The molecule has 1 fully saturated rings. The van der Waals surface area contributed by atoms with Gasteiger partial charge in [0.15, 0.2) is 6.61 Å². The highest BCUT2D eigenvalue weighted by atomic mass is 16.5. The third-order valence-corrected chi connectivity index (χ3v) is 4.63. The Morgan fingerprint density at radius 3 is 2.60 bits per heavy atom. The summed E-state index contributed by atoms with van der Waals surface area (Å²) in [4.78, 5) is 15.6. The minimum Gasteiger partial charge on any atom is -0.482 e. The standard InChI is InChI=1S/C20H24N2O3/c1-21-11-12-22(14-18(21)16-7-3-2-4-8-16)13-17-9-5-6-10-19(17)25-15-20(23)24/h2-10,18H,11-15H2,1H3,(H,23,24)/t18-/m1/s1. The van der Waals surface area contributed by atoms with Gasteiger partial charge in [0.05, 0.1) is 0 Å². The number of aliphatic carboxylic acids is 1. The van der Waals surface area contributed by atoms with E-state index < -0.39 is 5.97 Å². The predicted molar refractivity (Wildman–Crippen MR) is 96.7 cm³/mol. The van der Waals surface area contributed by atoms with Gasteiger partial charge in [-0.2, -0.15) is 0 Å². The second kappa shape index (κ2) is 8.14. The number of piperazine rings is 1. The quantitative estimate of drug-likeness (QED) is 0.876. The summed E-state index contributed by atoms with van der Waals surface area (Å²) < 4.78 is 5.44. The normalized spacial score (nSPS) is 18.8. The van der Waals surface area contributed by atoms with Crippen LogP contribution in [0.15, 0.2) is 54.6 Å². The molecule has 0 amide bonds. The molecule has 1 atom stereocenters. The number of likely N-dealkylation sites (N-methyl/N-ethyl adjacent to an activating group) is 1. The molecule has 5 heteroatoms. The number of hydrogen-bond acceptors (Lipinski definition) is 4. The van der Waals surface area contributed by atoms with Gasteiger partial charge in [0.2, 0.25) is 0 Å². The zero-order valence-electron chi connectivity index (χ0n) is 14.5. The molecule has 2 aromatic carbocycles. The maximum Gasteiger partial charge on any atom is 0.341 e. The topological polar surface area (TPSA) is 53.0 Å². The Morgan fingerprint density at radius 1 is 1.12 bits per heavy atom. The molecule has 1 saturated heterocycles. The van der Waals surface area contributed by atoms with Crippen LogP contribution in [-0.2, 0) is 11.3 Å². The summed E-state index contributed by atoms with van der Waals surface area (Å²) in [5.41, 5.74) is 2.35. The fourth-order valence-electron chi connectivity index (χ4n) is 3.26. The molecule has 0 saturated carbocycles. The van der Waals surface area contributed by atoms with E-state index in [4.69, 9.17) is 9.84 Å². The lowest BCUT2D eigenvalue weighted by Gasteiger charge is -2.40. The summed E-state index contributed by atoms with van der Waals surface area (Å²) in [5.74, 6) is -0.307. The van der Waals surface area contributed by atoms with Crippen LogP contribution in [0.3, 0.4) is 0 Å². The van der Waals surface area contributed by atoms with Gasteiger partial charge in [0.25, 0.3) is 0 Å². The lowest BCUT2D eigenvalue weighted by molar-refractivity contribution is -0.139. The van der Waals surface area contributed by atoms with Crippen LogP contribution in [0, 0.1) is 0 Å². The minimum atomic E-state index is -0.960. The van der Waals surface area contributed by atoms with E-state index >= 15 is 0 Å². The van der Waals surface area contributed by atoms with E-state index in [-0.39, 0.29) is 6.61 Å². The lowest BCUT2D eigenvalue weighted by atomic mass is 10.0. The maximum atomic E-state index is 10.8. The molecule has 25 heavy (non-hydrogen) atoms. The molecule has 1 N–H and O–H groups in total. The Morgan fingerprint density at radius 2 is 1.84 bits per heavy atom. The average molecular weight is 340 g/mol. The molecule has 1 heterocycles. The van der Waals surface area contributed by atoms with Gasteiger partial charge >= 0.3 is 5.97 Å². The SMILES string of the molecule is CN1CCN(Cc2ccccc2OCC(=O)O)C[C@@H]1c1ccccc1. The molecule has 1 aliphatic rings. The van der Waals surface area contributed by atoms with Gasteiger partial charge in [-0.15, -0.1) is 0 Å². The van der Waals surface area contributed by atoms with Crippen molar-refractivity contribution >= 4 is 5.97 Å². The molecule has 0 bridgehead atoms. The van der Waals surface area contributed by atoms with Gasteiger partial charge in [-0.3, -0.25) is 9.80 Å². The Kier molecular flexibility index (Phi) is 5.68. The summed E-state index contributed by atoms with van der Waals surface area (Å²) in [6, 6.07) is 18.6. The molecular weight excluding hydrogens is 316 g/mol. The molecule has 3 rings (SSSR count). The van der Waals surface area contributed by atoms with E-state index in [1.165, 1.54) is 5.56 Å². The fraction of sp³-hybridized carbons (Fsp3) is 0.350. The van der Waals surface area contributed by atoms with Crippen molar-refractivity contribution in [3.8, 4) is 5.75 Å². The van der Waals surface area contributed by atoms with Crippen LogP contribution in [0.4, 0.5) is 0 Å². The summed E-state index contributed by atoms with van der Waals surface area (Å²) in [6.45, 7) is 3.36. The van der Waals surface area contributed by atoms with Gasteiger partial charge in [-0.25, -0.2) is 4.79 Å². The molecule has 2 aromatic rings. The van der Waals surface area contributed by atoms with Crippen molar-refractivity contribution in [3.05, 3.63) is 65.7 Å². The molecule has 132 valence electrons. The van der Waals surface area contributed by atoms with Gasteiger partial charge in [0, 0.05) is 37.8 Å². The first-order chi connectivity index (χ1) is 12.1. The van der Waals surface area contributed by atoms with Crippen molar-refractivity contribution in [3.63, 3.8) is 0 Å². The highest BCUT2D eigenvalue weighted by Gasteiger charge is 2.26. The van der Waals surface area contributed by atoms with Crippen LogP contribution >= 0.6 is 0 Å². The Hall–Kier alpha value is -2.37. The van der Waals surface area contributed by atoms with Gasteiger partial charge in [0.1, 0.15) is 5.75 Å². The number of rotatable bonds is 6. The first-order valence-electron chi connectivity index (χ1n) is 8.53. The van der Waals surface area contributed by atoms with Crippen LogP contribution in [0.5, 0.6) is 5.75 Å². The molecule has 5 nitrogen and oxygen atoms in total. The molecule has 0 aliphatic carbocycles. The summed E-state index contributed by atoms with van der Waals surface area (Å²) in [6.07, 6.45) is 0. The van der Waals surface area contributed by atoms with Crippen molar-refractivity contribution < 1.29 is 14.6 Å². The maximum absolute atomic E-state index is 10.8. The summed E-state index contributed by atoms with van der Waals surface area (Å²) in [7, 11) is 2.17. The first kappa shape index (κ1) is 17.5. The van der Waals surface area contributed by atoms with Crippen molar-refractivity contribution in [1.82, 2.24) is 9.80 Å². The van der Waals surface area contributed by atoms with Crippen molar-refractivity contribution in [2.75, 3.05) is 33.3 Å². The Bertz CT molecular complexity index is 705. The smallest absolute Gasteiger partial charge is 0.341 e. The number of carbonyl (C=O) groups is 1. The molecule has 0 radical (unpaired) electrons. The number of carboxylic acids is 1. The third kappa shape index (κ3) is 4.59. The monoisotopic (exact) mass is 340 g/mol. The summed E-state index contributed by atoms with van der Waals surface area (Å²) >= 11 is 0. The molecule has 0 unspecified atom stereocenters. The number of nitrogens with zero attached hydrogens (tertiary/aromatic N) is 2. The van der Waals surface area contributed by atoms with E-state index in [0.717, 1.165) is 31.7 Å². The highest BCUT2D eigenvalue weighted by molar-refractivity contribution is 5.68. The zero-order valence-corrected chi connectivity index (χ0v) is 14.5. The second-order valence-corrected chi connectivity index (χ2v) is 6.43. The molecule has 0 spiro atoms. The van der Waals surface area contributed by atoms with Crippen LogP contribution in [0.25, 0.3) is 0 Å². The number of hydrogen-bond donors (Lipinski definition) is 1. The predicted octanol–water partition coefficient (Wildman–Crippen LogP) is 2.64. The van der Waals surface area contributed by atoms with Crippen molar-refractivity contribution in [1.29, 1.82) is 0 Å². The molecular formula is C20H24N2O3. The molecule has 0 aromatic heterocycles.